The van der Waals surface area contributed by atoms with E-state index in [4.69, 9.17) is 0 Å². The van der Waals surface area contributed by atoms with Crippen molar-refractivity contribution in [2.75, 3.05) is 13.1 Å². The molecule has 154 valence electrons. The standard InChI is InChI=1S/C24H24BrN3O2/c1-14(2)12-27-13-21(29)28-20(24(27)30)11-18-17-5-3-4-6-19(17)26-22(18)23(28)15-7-9-16(25)10-8-15/h3-10,14,20,23,26H,11-13H2,1-2H3. The highest BCUT2D eigenvalue weighted by molar-refractivity contribution is 9.10. The fourth-order valence-electron chi connectivity index (χ4n) is 4.91. The van der Waals surface area contributed by atoms with Gasteiger partial charge in [0.15, 0.2) is 0 Å². The van der Waals surface area contributed by atoms with Crippen molar-refractivity contribution in [2.24, 2.45) is 5.92 Å². The van der Waals surface area contributed by atoms with E-state index in [0.717, 1.165) is 32.2 Å². The van der Waals surface area contributed by atoms with Crippen LogP contribution in [-0.2, 0) is 16.0 Å². The number of amides is 2. The minimum absolute atomic E-state index is 0.0116. The highest BCUT2D eigenvalue weighted by atomic mass is 79.9. The molecule has 5 nitrogen and oxygen atoms in total. The third-order valence-electron chi connectivity index (χ3n) is 6.11. The predicted octanol–water partition coefficient (Wildman–Crippen LogP) is 4.27. The Hall–Kier alpha value is -2.60. The Bertz CT molecular complexity index is 1140. The second kappa shape index (κ2) is 7.27. The van der Waals surface area contributed by atoms with E-state index in [2.05, 4.69) is 46.9 Å². The van der Waals surface area contributed by atoms with Gasteiger partial charge in [-0.2, -0.15) is 0 Å². The number of carbonyl (C=O) groups is 2. The molecule has 2 aliphatic rings. The Labute approximate surface area is 184 Å². The summed E-state index contributed by atoms with van der Waals surface area (Å²) in [7, 11) is 0. The van der Waals surface area contributed by atoms with Crippen molar-refractivity contribution in [3.8, 4) is 0 Å². The second-order valence-corrected chi connectivity index (χ2v) is 9.57. The van der Waals surface area contributed by atoms with E-state index in [9.17, 15) is 9.59 Å². The molecule has 1 fully saturated rings. The highest BCUT2D eigenvalue weighted by Gasteiger charge is 2.48. The van der Waals surface area contributed by atoms with Gasteiger partial charge in [0.1, 0.15) is 6.04 Å². The normalized spacial score (nSPS) is 21.3. The SMILES string of the molecule is CC(C)CN1CC(=O)N2C(Cc3c([nH]c4ccccc34)C2c2ccc(Br)cc2)C1=O. The zero-order valence-electron chi connectivity index (χ0n) is 17.1. The molecule has 2 unspecified atom stereocenters. The fourth-order valence-corrected chi connectivity index (χ4v) is 5.17. The predicted molar refractivity (Wildman–Crippen MR) is 120 cm³/mol. The Balaban J connectivity index is 1.68. The third kappa shape index (κ3) is 3.05. The molecule has 0 radical (unpaired) electrons. The summed E-state index contributed by atoms with van der Waals surface area (Å²) in [6, 6.07) is 15.5. The van der Waals surface area contributed by atoms with E-state index in [-0.39, 0.29) is 24.4 Å². The van der Waals surface area contributed by atoms with Gasteiger partial charge in [-0.15, -0.1) is 0 Å². The zero-order chi connectivity index (χ0) is 21.0. The smallest absolute Gasteiger partial charge is 0.246 e. The van der Waals surface area contributed by atoms with Gasteiger partial charge >= 0.3 is 0 Å². The number of halogens is 1. The molecule has 3 aromatic rings. The molecule has 6 heteroatoms. The van der Waals surface area contributed by atoms with E-state index < -0.39 is 6.04 Å². The van der Waals surface area contributed by atoms with Gasteiger partial charge in [0.05, 0.1) is 12.6 Å². The first kappa shape index (κ1) is 19.4. The van der Waals surface area contributed by atoms with Crippen molar-refractivity contribution in [1.29, 1.82) is 0 Å². The molecule has 0 saturated carbocycles. The fraction of sp³-hybridized carbons (Fsp3) is 0.333. The summed E-state index contributed by atoms with van der Waals surface area (Å²) in [5, 5.41) is 1.13. The van der Waals surface area contributed by atoms with Crippen LogP contribution < -0.4 is 0 Å². The molecule has 0 aliphatic carbocycles. The number of H-pyrrole nitrogens is 1. The van der Waals surface area contributed by atoms with Gasteiger partial charge in [-0.3, -0.25) is 9.59 Å². The van der Waals surface area contributed by atoms with Gasteiger partial charge in [0.2, 0.25) is 11.8 Å². The lowest BCUT2D eigenvalue weighted by atomic mass is 9.86. The van der Waals surface area contributed by atoms with Crippen LogP contribution in [0.1, 0.15) is 36.7 Å². The van der Waals surface area contributed by atoms with Gasteiger partial charge < -0.3 is 14.8 Å². The van der Waals surface area contributed by atoms with Crippen molar-refractivity contribution >= 4 is 38.6 Å². The molecule has 2 aliphatic heterocycles. The molecule has 2 aromatic carbocycles. The van der Waals surface area contributed by atoms with Crippen molar-refractivity contribution in [3.63, 3.8) is 0 Å². The van der Waals surface area contributed by atoms with E-state index in [1.165, 1.54) is 0 Å². The topological polar surface area (TPSA) is 56.4 Å². The Morgan fingerprint density at radius 2 is 1.83 bits per heavy atom. The lowest BCUT2D eigenvalue weighted by molar-refractivity contribution is -0.159. The maximum absolute atomic E-state index is 13.5. The molecule has 2 amide bonds. The minimum Gasteiger partial charge on any atom is -0.356 e. The number of fused-ring (bicyclic) bond motifs is 4. The molecule has 30 heavy (non-hydrogen) atoms. The van der Waals surface area contributed by atoms with Crippen molar-refractivity contribution in [3.05, 3.63) is 69.8 Å². The lowest BCUT2D eigenvalue weighted by Gasteiger charge is -2.47. The zero-order valence-corrected chi connectivity index (χ0v) is 18.6. The van der Waals surface area contributed by atoms with Crippen LogP contribution in [0.15, 0.2) is 53.0 Å². The van der Waals surface area contributed by atoms with Crippen LogP contribution in [0.25, 0.3) is 10.9 Å². The van der Waals surface area contributed by atoms with Gasteiger partial charge in [-0.1, -0.05) is 60.1 Å². The maximum Gasteiger partial charge on any atom is 0.246 e. The molecular formula is C24H24BrN3O2. The molecule has 5 rings (SSSR count). The first-order valence-electron chi connectivity index (χ1n) is 10.4. The number of nitrogens with zero attached hydrogens (tertiary/aromatic N) is 2. The molecule has 2 atom stereocenters. The summed E-state index contributed by atoms with van der Waals surface area (Å²) >= 11 is 3.50. The van der Waals surface area contributed by atoms with E-state index >= 15 is 0 Å². The number of hydrogen-bond donors (Lipinski definition) is 1. The molecule has 1 N–H and O–H groups in total. The Kier molecular flexibility index (Phi) is 4.69. The largest absolute Gasteiger partial charge is 0.356 e. The maximum atomic E-state index is 13.5. The molecule has 0 spiro atoms. The number of hydrogen-bond acceptors (Lipinski definition) is 2. The summed E-state index contributed by atoms with van der Waals surface area (Å²) in [5.74, 6) is 0.390. The van der Waals surface area contributed by atoms with Crippen LogP contribution in [0, 0.1) is 5.92 Å². The number of para-hydroxylation sites is 1. The van der Waals surface area contributed by atoms with Gasteiger partial charge in [-0.05, 0) is 35.2 Å². The minimum atomic E-state index is -0.467. The quantitative estimate of drug-likeness (QED) is 0.627. The van der Waals surface area contributed by atoms with E-state index in [0.29, 0.717) is 18.9 Å². The number of aromatic amines is 1. The molecule has 0 bridgehead atoms. The van der Waals surface area contributed by atoms with Crippen LogP contribution in [0.2, 0.25) is 0 Å². The van der Waals surface area contributed by atoms with Crippen LogP contribution in [0.3, 0.4) is 0 Å². The first-order valence-corrected chi connectivity index (χ1v) is 11.2. The number of aromatic nitrogens is 1. The van der Waals surface area contributed by atoms with Gasteiger partial charge in [0, 0.05) is 34.0 Å². The van der Waals surface area contributed by atoms with Crippen molar-refractivity contribution in [1.82, 2.24) is 14.8 Å². The third-order valence-corrected chi connectivity index (χ3v) is 6.64. The number of piperazine rings is 1. The van der Waals surface area contributed by atoms with Gasteiger partial charge in [-0.25, -0.2) is 0 Å². The van der Waals surface area contributed by atoms with Crippen LogP contribution in [0.5, 0.6) is 0 Å². The average molecular weight is 466 g/mol. The number of benzene rings is 2. The monoisotopic (exact) mass is 465 g/mol. The average Bonchev–Trinajstić information content (AvgIpc) is 3.09. The highest BCUT2D eigenvalue weighted by Crippen LogP contribution is 2.42. The number of nitrogens with one attached hydrogen (secondary N) is 1. The van der Waals surface area contributed by atoms with Crippen LogP contribution >= 0.6 is 15.9 Å². The number of carbonyl (C=O) groups excluding carboxylic acids is 2. The molecule has 1 saturated heterocycles. The van der Waals surface area contributed by atoms with E-state index in [1.807, 2.05) is 41.3 Å². The molecular weight excluding hydrogens is 442 g/mol. The number of rotatable bonds is 3. The summed E-state index contributed by atoms with van der Waals surface area (Å²) in [6.07, 6.45) is 0.547. The lowest BCUT2D eigenvalue weighted by Crippen LogP contribution is -2.63. The van der Waals surface area contributed by atoms with Crippen LogP contribution in [-0.4, -0.2) is 45.7 Å². The summed E-state index contributed by atoms with van der Waals surface area (Å²) < 4.78 is 0.986. The first-order chi connectivity index (χ1) is 14.4. The Morgan fingerprint density at radius 1 is 1.10 bits per heavy atom. The van der Waals surface area contributed by atoms with Crippen molar-refractivity contribution < 1.29 is 9.59 Å². The molecule has 1 aromatic heterocycles. The summed E-state index contributed by atoms with van der Waals surface area (Å²) in [4.78, 5) is 33.9. The van der Waals surface area contributed by atoms with Crippen LogP contribution in [0.4, 0.5) is 0 Å². The summed E-state index contributed by atoms with van der Waals surface area (Å²) in [6.45, 7) is 4.91. The second-order valence-electron chi connectivity index (χ2n) is 8.65. The summed E-state index contributed by atoms with van der Waals surface area (Å²) in [5.41, 5.74) is 4.22. The molecule has 3 heterocycles. The van der Waals surface area contributed by atoms with E-state index in [1.54, 1.807) is 4.90 Å². The Morgan fingerprint density at radius 3 is 2.57 bits per heavy atom. The van der Waals surface area contributed by atoms with Gasteiger partial charge in [0.25, 0.3) is 0 Å². The van der Waals surface area contributed by atoms with Crippen molar-refractivity contribution in [2.45, 2.75) is 32.4 Å².